The second-order valence-electron chi connectivity index (χ2n) is 3.36. The Bertz CT molecular complexity index is 346. The SMILES string of the molecule is CCc1cnc(NC(=O)[C@@H](N)CCSC)s1.Cl. The van der Waals surface area contributed by atoms with Gasteiger partial charge in [-0.3, -0.25) is 4.79 Å². The summed E-state index contributed by atoms with van der Waals surface area (Å²) in [7, 11) is 0. The van der Waals surface area contributed by atoms with Crippen LogP contribution in [0, 0.1) is 0 Å². The van der Waals surface area contributed by atoms with Crippen LogP contribution in [0.1, 0.15) is 18.2 Å². The van der Waals surface area contributed by atoms with Gasteiger partial charge in [0.25, 0.3) is 0 Å². The second-order valence-corrected chi connectivity index (χ2v) is 5.46. The Morgan fingerprint density at radius 1 is 1.71 bits per heavy atom. The predicted molar refractivity (Wildman–Crippen MR) is 78.3 cm³/mol. The molecule has 7 heteroatoms. The van der Waals surface area contributed by atoms with E-state index in [-0.39, 0.29) is 18.3 Å². The van der Waals surface area contributed by atoms with Crippen molar-refractivity contribution in [1.82, 2.24) is 4.98 Å². The third-order valence-corrected chi connectivity index (χ3v) is 3.80. The molecule has 3 N–H and O–H groups in total. The minimum absolute atomic E-state index is 0. The van der Waals surface area contributed by atoms with Crippen LogP contribution in [0.25, 0.3) is 0 Å². The third kappa shape index (κ3) is 5.72. The van der Waals surface area contributed by atoms with Crippen molar-refractivity contribution in [2.45, 2.75) is 25.8 Å². The van der Waals surface area contributed by atoms with Crippen LogP contribution in [-0.4, -0.2) is 28.9 Å². The van der Waals surface area contributed by atoms with Gasteiger partial charge >= 0.3 is 0 Å². The van der Waals surface area contributed by atoms with Gasteiger partial charge in [0.05, 0.1) is 6.04 Å². The fourth-order valence-corrected chi connectivity index (χ4v) is 2.35. The van der Waals surface area contributed by atoms with E-state index < -0.39 is 6.04 Å². The third-order valence-electron chi connectivity index (χ3n) is 2.10. The van der Waals surface area contributed by atoms with E-state index in [9.17, 15) is 4.79 Å². The molecule has 17 heavy (non-hydrogen) atoms. The number of thiazole rings is 1. The molecule has 0 saturated carbocycles. The van der Waals surface area contributed by atoms with Crippen molar-refractivity contribution in [3.63, 3.8) is 0 Å². The Balaban J connectivity index is 0.00000256. The number of carbonyl (C=O) groups is 1. The van der Waals surface area contributed by atoms with Gasteiger partial charge in [-0.1, -0.05) is 6.92 Å². The first-order valence-electron chi connectivity index (χ1n) is 5.17. The number of nitrogens with one attached hydrogen (secondary N) is 1. The van der Waals surface area contributed by atoms with E-state index in [4.69, 9.17) is 5.73 Å². The second kappa shape index (κ2) is 8.74. The number of hydrogen-bond acceptors (Lipinski definition) is 5. The van der Waals surface area contributed by atoms with Gasteiger partial charge in [-0.2, -0.15) is 11.8 Å². The Morgan fingerprint density at radius 3 is 2.94 bits per heavy atom. The van der Waals surface area contributed by atoms with Crippen LogP contribution < -0.4 is 11.1 Å². The maximum absolute atomic E-state index is 11.6. The molecule has 0 radical (unpaired) electrons. The molecular formula is C10H18ClN3OS2. The number of halogens is 1. The van der Waals surface area contributed by atoms with Crippen molar-refractivity contribution < 1.29 is 4.79 Å². The lowest BCUT2D eigenvalue weighted by Gasteiger charge is -2.09. The van der Waals surface area contributed by atoms with Crippen molar-refractivity contribution in [3.8, 4) is 0 Å². The van der Waals surface area contributed by atoms with Crippen LogP contribution in [0.15, 0.2) is 6.20 Å². The summed E-state index contributed by atoms with van der Waals surface area (Å²) in [6, 6.07) is -0.443. The van der Waals surface area contributed by atoms with Crippen LogP contribution in [0.2, 0.25) is 0 Å². The number of nitrogens with zero attached hydrogens (tertiary/aromatic N) is 1. The molecule has 0 spiro atoms. The molecule has 0 aliphatic carbocycles. The Labute approximate surface area is 116 Å². The number of thioether (sulfide) groups is 1. The lowest BCUT2D eigenvalue weighted by Crippen LogP contribution is -2.36. The molecule has 0 aliphatic heterocycles. The molecule has 0 bridgehead atoms. The summed E-state index contributed by atoms with van der Waals surface area (Å²) in [5, 5.41) is 3.38. The van der Waals surface area contributed by atoms with Crippen molar-refractivity contribution >= 4 is 46.5 Å². The lowest BCUT2D eigenvalue weighted by atomic mass is 10.2. The summed E-state index contributed by atoms with van der Waals surface area (Å²) < 4.78 is 0. The minimum Gasteiger partial charge on any atom is -0.320 e. The number of hydrogen-bond donors (Lipinski definition) is 2. The molecule has 1 atom stereocenters. The fourth-order valence-electron chi connectivity index (χ4n) is 1.10. The standard InChI is InChI=1S/C10H17N3OS2.ClH/c1-3-7-6-12-10(16-7)13-9(14)8(11)4-5-15-2;/h6,8H,3-5,11H2,1-2H3,(H,12,13,14);1H/t8-;/m0./s1. The maximum atomic E-state index is 11.6. The molecule has 4 nitrogen and oxygen atoms in total. The van der Waals surface area contributed by atoms with Crippen LogP contribution in [0.4, 0.5) is 5.13 Å². The molecule has 1 aromatic heterocycles. The molecule has 0 aromatic carbocycles. The van der Waals surface area contributed by atoms with Crippen LogP contribution >= 0.6 is 35.5 Å². The van der Waals surface area contributed by atoms with E-state index >= 15 is 0 Å². The Hall–Kier alpha value is -0.300. The maximum Gasteiger partial charge on any atom is 0.243 e. The first-order valence-corrected chi connectivity index (χ1v) is 7.38. The fraction of sp³-hybridized carbons (Fsp3) is 0.600. The zero-order chi connectivity index (χ0) is 12.0. The highest BCUT2D eigenvalue weighted by Crippen LogP contribution is 2.18. The monoisotopic (exact) mass is 295 g/mol. The number of rotatable bonds is 6. The van der Waals surface area contributed by atoms with E-state index in [0.29, 0.717) is 11.6 Å². The number of aryl methyl sites for hydroxylation is 1. The highest BCUT2D eigenvalue weighted by atomic mass is 35.5. The summed E-state index contributed by atoms with van der Waals surface area (Å²) in [6.45, 7) is 2.06. The smallest absolute Gasteiger partial charge is 0.243 e. The number of amides is 1. The summed E-state index contributed by atoms with van der Waals surface area (Å²) in [5.74, 6) is 0.748. The van der Waals surface area contributed by atoms with Gasteiger partial charge in [0, 0.05) is 11.1 Å². The van der Waals surface area contributed by atoms with Gasteiger partial charge in [-0.15, -0.1) is 23.7 Å². The van der Waals surface area contributed by atoms with Gasteiger partial charge < -0.3 is 11.1 Å². The van der Waals surface area contributed by atoms with Crippen molar-refractivity contribution in [1.29, 1.82) is 0 Å². The summed E-state index contributed by atoms with van der Waals surface area (Å²) in [5.41, 5.74) is 5.74. The van der Waals surface area contributed by atoms with Crippen LogP contribution in [0.3, 0.4) is 0 Å². The molecule has 0 unspecified atom stereocenters. The quantitative estimate of drug-likeness (QED) is 0.844. The molecular weight excluding hydrogens is 278 g/mol. The largest absolute Gasteiger partial charge is 0.320 e. The van der Waals surface area contributed by atoms with E-state index in [0.717, 1.165) is 17.1 Å². The zero-order valence-corrected chi connectivity index (χ0v) is 12.4. The minimum atomic E-state index is -0.443. The average molecular weight is 296 g/mol. The highest BCUT2D eigenvalue weighted by molar-refractivity contribution is 7.98. The van der Waals surface area contributed by atoms with Crippen molar-refractivity contribution in [2.24, 2.45) is 5.73 Å². The molecule has 0 fully saturated rings. The normalized spacial score (nSPS) is 11.7. The number of anilines is 1. The van der Waals surface area contributed by atoms with Gasteiger partial charge in [0.2, 0.25) is 5.91 Å². The highest BCUT2D eigenvalue weighted by Gasteiger charge is 2.14. The zero-order valence-electron chi connectivity index (χ0n) is 9.93. The average Bonchev–Trinajstić information content (AvgIpc) is 2.73. The van der Waals surface area contributed by atoms with E-state index in [1.54, 1.807) is 18.0 Å². The van der Waals surface area contributed by atoms with E-state index in [1.165, 1.54) is 11.3 Å². The molecule has 1 aromatic rings. The summed E-state index contributed by atoms with van der Waals surface area (Å²) in [4.78, 5) is 16.9. The number of carbonyl (C=O) groups excluding carboxylic acids is 1. The first kappa shape index (κ1) is 16.7. The van der Waals surface area contributed by atoms with Crippen molar-refractivity contribution in [3.05, 3.63) is 11.1 Å². The van der Waals surface area contributed by atoms with E-state index in [1.807, 2.05) is 6.26 Å². The number of nitrogens with two attached hydrogens (primary N) is 1. The molecule has 1 amide bonds. The van der Waals surface area contributed by atoms with Gasteiger partial charge in [0.1, 0.15) is 0 Å². The summed E-state index contributed by atoms with van der Waals surface area (Å²) in [6.07, 6.45) is 5.41. The number of aromatic nitrogens is 1. The van der Waals surface area contributed by atoms with Gasteiger partial charge in [-0.05, 0) is 24.9 Å². The Kier molecular flexibility index (Phi) is 8.59. The van der Waals surface area contributed by atoms with Gasteiger partial charge in [0.15, 0.2) is 5.13 Å². The summed E-state index contributed by atoms with van der Waals surface area (Å²) >= 11 is 3.19. The van der Waals surface area contributed by atoms with Crippen LogP contribution in [-0.2, 0) is 11.2 Å². The predicted octanol–water partition coefficient (Wildman–Crippen LogP) is 2.15. The van der Waals surface area contributed by atoms with Crippen molar-refractivity contribution in [2.75, 3.05) is 17.3 Å². The molecule has 0 saturated heterocycles. The molecule has 1 heterocycles. The molecule has 1 rings (SSSR count). The molecule has 98 valence electrons. The lowest BCUT2D eigenvalue weighted by molar-refractivity contribution is -0.117. The Morgan fingerprint density at radius 2 is 2.41 bits per heavy atom. The first-order chi connectivity index (χ1) is 7.67. The molecule has 0 aliphatic rings. The van der Waals surface area contributed by atoms with Gasteiger partial charge in [-0.25, -0.2) is 4.98 Å². The topological polar surface area (TPSA) is 68.0 Å². The van der Waals surface area contributed by atoms with E-state index in [2.05, 4.69) is 17.2 Å². The van der Waals surface area contributed by atoms with Crippen LogP contribution in [0.5, 0.6) is 0 Å².